The van der Waals surface area contributed by atoms with Gasteiger partial charge < -0.3 is 47.2 Å². The van der Waals surface area contributed by atoms with Gasteiger partial charge in [-0.05, 0) is 184 Å². The maximum absolute atomic E-state index is 6.81. The van der Waals surface area contributed by atoms with Crippen LogP contribution in [-0.4, -0.2) is 33.8 Å². The molecule has 3 aromatic heterocycles. The van der Waals surface area contributed by atoms with Crippen LogP contribution in [0.15, 0.2) is 481 Å². The number of aromatic nitrogens is 3. The molecule has 0 N–H and O–H groups in total. The summed E-state index contributed by atoms with van der Waals surface area (Å²) in [5.74, 6) is 8.90. The molecule has 0 atom stereocenters. The average molecular weight is 1760 g/mol. The second-order valence-corrected chi connectivity index (χ2v) is 36.9. The molecule has 0 fully saturated rings. The molecule has 0 radical (unpaired) electrons. The van der Waals surface area contributed by atoms with Gasteiger partial charge in [-0.15, -0.1) is 0 Å². The van der Waals surface area contributed by atoms with E-state index in [0.717, 1.165) is 145 Å². The first-order chi connectivity index (χ1) is 67.0. The van der Waals surface area contributed by atoms with Crippen LogP contribution in [-0.2, 0) is 0 Å². The minimum atomic E-state index is 0.0906. The van der Waals surface area contributed by atoms with E-state index >= 15 is 0 Å². The molecule has 23 aromatic rings. The Labute approximate surface area is 788 Å². The van der Waals surface area contributed by atoms with E-state index in [1.165, 1.54) is 97.4 Å². The van der Waals surface area contributed by atoms with E-state index in [1.54, 1.807) is 11.8 Å². The largest absolute Gasteiger partial charge is 0.458 e. The van der Waals surface area contributed by atoms with Crippen molar-refractivity contribution in [3.05, 3.63) is 461 Å². The molecule has 632 valence electrons. The molecule has 6 aliphatic rings. The number of anilines is 6. The van der Waals surface area contributed by atoms with E-state index in [0.29, 0.717) is 0 Å². The zero-order valence-corrected chi connectivity index (χ0v) is 74.3. The summed E-state index contributed by atoms with van der Waals surface area (Å²) in [7, 11) is 0. The number of hydrogen-bond donors (Lipinski definition) is 0. The van der Waals surface area contributed by atoms with Crippen LogP contribution in [0.5, 0.6) is 57.5 Å². The van der Waals surface area contributed by atoms with Crippen molar-refractivity contribution in [2.45, 2.75) is 19.6 Å². The van der Waals surface area contributed by atoms with Gasteiger partial charge in [0.1, 0.15) is 46.0 Å². The van der Waals surface area contributed by atoms with Gasteiger partial charge in [0.2, 0.25) is 0 Å². The van der Waals surface area contributed by atoms with E-state index in [1.807, 2.05) is 48.2 Å². The Bertz CT molecular complexity index is 8540. The zero-order chi connectivity index (χ0) is 88.7. The summed E-state index contributed by atoms with van der Waals surface area (Å²) in [6.45, 7) is 0.313. The lowest BCUT2D eigenvalue weighted by atomic mass is 9.36. The van der Waals surface area contributed by atoms with Crippen molar-refractivity contribution in [3.63, 3.8) is 0 Å². The number of nitrogens with zero attached hydrogens (tertiary/aromatic N) is 5. The second kappa shape index (κ2) is 32.1. The van der Waals surface area contributed by atoms with Crippen molar-refractivity contribution in [1.29, 1.82) is 0 Å². The molecule has 10 nitrogen and oxygen atoms in total. The van der Waals surface area contributed by atoms with Crippen LogP contribution in [0.1, 0.15) is 0 Å². The summed E-state index contributed by atoms with van der Waals surface area (Å²) in [6.07, 6.45) is 0. The van der Waals surface area contributed by atoms with Gasteiger partial charge in [-0.2, -0.15) is 0 Å². The van der Waals surface area contributed by atoms with Gasteiger partial charge in [-0.25, -0.2) is 0 Å². The van der Waals surface area contributed by atoms with E-state index in [-0.39, 0.29) is 20.1 Å². The van der Waals surface area contributed by atoms with Crippen molar-refractivity contribution in [2.24, 2.45) is 0 Å². The van der Waals surface area contributed by atoms with E-state index in [2.05, 4.69) is 448 Å². The van der Waals surface area contributed by atoms with Crippen LogP contribution in [0, 0.1) is 0 Å². The van der Waals surface area contributed by atoms with Gasteiger partial charge in [0, 0.05) is 83.4 Å². The molecule has 15 heteroatoms. The summed E-state index contributed by atoms with van der Waals surface area (Å²) < 4.78 is 40.2. The quantitative estimate of drug-likeness (QED) is 0.138. The Morgan fingerprint density at radius 2 is 0.563 bits per heavy atom. The van der Waals surface area contributed by atoms with E-state index < -0.39 is 0 Å². The van der Waals surface area contributed by atoms with E-state index in [9.17, 15) is 0 Å². The number of hydrogen-bond acceptors (Lipinski definition) is 9. The summed E-state index contributed by atoms with van der Waals surface area (Å²) in [6, 6.07) is 163. The van der Waals surface area contributed by atoms with Crippen molar-refractivity contribution in [3.8, 4) is 74.6 Å². The number of fused-ring (bicyclic) bond motifs is 23. The first kappa shape index (κ1) is 78.2. The van der Waals surface area contributed by atoms with Crippen molar-refractivity contribution >= 4 is 192 Å². The normalized spacial score (nSPS) is 13.1. The van der Waals surface area contributed by atoms with Crippen molar-refractivity contribution < 1.29 is 23.7 Å². The molecule has 20 aromatic carbocycles. The van der Waals surface area contributed by atoms with Gasteiger partial charge in [-0.1, -0.05) is 331 Å². The molecule has 0 amide bonds. The molecule has 0 spiro atoms. The Hall–Kier alpha value is -16.7. The van der Waals surface area contributed by atoms with Crippen LogP contribution in [0.25, 0.3) is 82.5 Å². The summed E-state index contributed by atoms with van der Waals surface area (Å²) in [5.41, 5.74) is 27.6. The lowest BCUT2D eigenvalue weighted by molar-refractivity contribution is 0.456. The van der Waals surface area contributed by atoms with Gasteiger partial charge in [-0.3, -0.25) is 0 Å². The van der Waals surface area contributed by atoms with Gasteiger partial charge in [0.25, 0.3) is 20.1 Å². The summed E-state index contributed by atoms with van der Waals surface area (Å²) in [4.78, 5) is 9.48. The van der Waals surface area contributed by atoms with Crippen LogP contribution >= 0.6 is 23.5 Å². The minimum Gasteiger partial charge on any atom is -0.458 e. The molecular weight excluding hydrogens is 1690 g/mol. The SMILES string of the molecule is c1ccc(B2c3ccccc3Oc3cc(-n4c5ccccc5c5c6c(ccc54)N(c4ccccc4)c4ccccc4O6)ccc32)cc1.c1ccc(B2c3ccccc3Oc3cc(-n4c5ccccc5c5c6c(ccc54)Oc4ccccc4S6)ccc32)cc1.c1ccc(B2c3ccccc3Oc3cc(-n4c5ccccc5c5cc6c(cc54)Sc4ccccc4N6c4ccccc4)ccc32)cc1. The third-order valence-corrected chi connectivity index (χ3v) is 29.4. The number of ether oxygens (including phenoxy) is 5. The third kappa shape index (κ3) is 12.9. The molecular formula is C120H76B3N5O5S2. The molecule has 0 aliphatic carbocycles. The molecule has 0 unspecified atom stereocenters. The standard InChI is InChI=1S/C42H27BN2O2.C42H27BN2OS.C36H22BNO2S/c1-3-13-28(14-4-1)43-32-18-8-11-21-38(32)46-40-27-30(23-24-33(40)43)45-34-19-9-7-17-31(34)41-36(45)25-26-37-42(41)47-39-22-12-10-20-35(39)44(37)29-15-5-2-6-16-29;1-3-13-28(14-4-1)43-33-18-8-11-21-39(33)46-40-25-30(23-24-34(40)43)45-35-19-9-7-17-31(35)32-26-38-42(27-37(32)45)47-41-22-12-10-20-36(41)44(38)29-15-5-2-6-16-29;1-2-10-23(11-3-1)37-26-13-5-7-15-30(26)39-33-22-24(18-19-27(33)37)38-28-14-6-4-12-25(28)35-29(38)20-21-32-36(35)41-34-17-9-8-16-31(34)40-32/h2*1-27H;1-22H. The first-order valence-electron chi connectivity index (χ1n) is 45.7. The molecule has 29 rings (SSSR count). The second-order valence-electron chi connectivity index (χ2n) is 34.7. The predicted octanol–water partition coefficient (Wildman–Crippen LogP) is 26.0. The van der Waals surface area contributed by atoms with Crippen LogP contribution in [0.4, 0.5) is 34.1 Å². The summed E-state index contributed by atoms with van der Waals surface area (Å²) >= 11 is 3.63. The highest BCUT2D eigenvalue weighted by Gasteiger charge is 2.39. The fourth-order valence-corrected chi connectivity index (χ4v) is 23.5. The predicted molar refractivity (Wildman–Crippen MR) is 559 cm³/mol. The molecule has 0 bridgehead atoms. The zero-order valence-electron chi connectivity index (χ0n) is 72.7. The lowest BCUT2D eigenvalue weighted by Crippen LogP contribution is -2.54. The van der Waals surface area contributed by atoms with Crippen molar-refractivity contribution in [2.75, 3.05) is 9.80 Å². The highest BCUT2D eigenvalue weighted by Crippen LogP contribution is 2.58. The highest BCUT2D eigenvalue weighted by atomic mass is 32.2. The molecule has 135 heavy (non-hydrogen) atoms. The maximum atomic E-state index is 6.81. The lowest BCUT2D eigenvalue weighted by Gasteiger charge is -2.33. The number of benzene rings is 20. The maximum Gasteiger partial charge on any atom is 0.250 e. The van der Waals surface area contributed by atoms with E-state index in [4.69, 9.17) is 23.7 Å². The molecule has 0 saturated heterocycles. The van der Waals surface area contributed by atoms with Gasteiger partial charge in [0.05, 0.1) is 71.0 Å². The number of rotatable bonds is 8. The monoisotopic (exact) mass is 1760 g/mol. The van der Waals surface area contributed by atoms with Gasteiger partial charge in [0.15, 0.2) is 11.5 Å². The van der Waals surface area contributed by atoms with Crippen LogP contribution in [0.3, 0.4) is 0 Å². The molecule has 9 heterocycles. The molecule has 6 aliphatic heterocycles. The van der Waals surface area contributed by atoms with Crippen LogP contribution < -0.4 is 82.6 Å². The summed E-state index contributed by atoms with van der Waals surface area (Å²) in [5, 5.41) is 7.10. The average Bonchev–Trinajstić information content (AvgIpc) is 1.57. The smallest absolute Gasteiger partial charge is 0.250 e. The Balaban J connectivity index is 0.000000103. The Morgan fingerprint density at radius 1 is 0.185 bits per heavy atom. The van der Waals surface area contributed by atoms with Crippen molar-refractivity contribution in [1.82, 2.24) is 13.7 Å². The van der Waals surface area contributed by atoms with Crippen LogP contribution in [0.2, 0.25) is 0 Å². The topological polar surface area (TPSA) is 67.4 Å². The fourth-order valence-electron chi connectivity index (χ4n) is 21.3. The molecule has 0 saturated carbocycles. The number of para-hydroxylation sites is 12. The fraction of sp³-hybridized carbons (Fsp3) is 0. The highest BCUT2D eigenvalue weighted by molar-refractivity contribution is 8.00. The first-order valence-corrected chi connectivity index (χ1v) is 47.4. The van der Waals surface area contributed by atoms with Gasteiger partial charge >= 0.3 is 0 Å². The minimum absolute atomic E-state index is 0.0906. The third-order valence-electron chi connectivity index (χ3n) is 27.2. The Kier molecular flexibility index (Phi) is 18.6. The Morgan fingerprint density at radius 3 is 1.09 bits per heavy atom.